The van der Waals surface area contributed by atoms with Gasteiger partial charge in [0.05, 0.1) is 0 Å². The molecule has 1 atom stereocenters. The van der Waals surface area contributed by atoms with Gasteiger partial charge in [-0.25, -0.2) is 0 Å². The number of unbranched alkanes of at least 4 members (excludes halogenated alkanes) is 3. The molecule has 1 nitrogen and oxygen atoms in total. The maximum atomic E-state index is 6.90. The molecule has 1 fully saturated rings. The molecule has 0 radical (unpaired) electrons. The Balaban J connectivity index is 2.49. The van der Waals surface area contributed by atoms with Crippen molar-refractivity contribution in [3.05, 3.63) is 35.9 Å². The zero-order valence-corrected chi connectivity index (χ0v) is 19.8. The van der Waals surface area contributed by atoms with Gasteiger partial charge in [-0.05, 0) is 0 Å². The van der Waals surface area contributed by atoms with Crippen LogP contribution in [0.5, 0.6) is 0 Å². The van der Waals surface area contributed by atoms with Crippen LogP contribution in [0, 0.1) is 0 Å². The summed E-state index contributed by atoms with van der Waals surface area (Å²) in [5, 5.41) is 0. The molecular formula is C23H40OSn. The molecule has 1 aromatic rings. The first-order valence-corrected chi connectivity index (χ1v) is 18.4. The molecule has 0 bridgehead atoms. The van der Waals surface area contributed by atoms with Crippen LogP contribution >= 0.6 is 0 Å². The summed E-state index contributed by atoms with van der Waals surface area (Å²) in [5.74, 6) is 0. The SMILES string of the molecule is CCC[CH2][Sn]([CH2]CCC)([CH2]CCC)[C@]1(c2ccccc2)CCCCO1. The first kappa shape index (κ1) is 21.3. The quantitative estimate of drug-likeness (QED) is 0.317. The molecule has 1 aromatic carbocycles. The van der Waals surface area contributed by atoms with Gasteiger partial charge in [-0.1, -0.05) is 0 Å². The van der Waals surface area contributed by atoms with E-state index in [1.807, 2.05) is 0 Å². The van der Waals surface area contributed by atoms with Crippen LogP contribution < -0.4 is 0 Å². The molecule has 0 amide bonds. The second-order valence-electron chi connectivity index (χ2n) is 8.09. The van der Waals surface area contributed by atoms with Crippen LogP contribution in [0.2, 0.25) is 13.3 Å². The summed E-state index contributed by atoms with van der Waals surface area (Å²) in [6.07, 6.45) is 12.2. The Hall–Kier alpha value is -0.0213. The fourth-order valence-electron chi connectivity index (χ4n) is 4.98. The second kappa shape index (κ2) is 11.0. The molecule has 1 heterocycles. The number of hydrogen-bond donors (Lipinski definition) is 0. The summed E-state index contributed by atoms with van der Waals surface area (Å²) in [5.41, 5.74) is 1.54. The Labute approximate surface area is 160 Å². The fourth-order valence-corrected chi connectivity index (χ4v) is 24.8. The molecule has 0 saturated carbocycles. The van der Waals surface area contributed by atoms with Gasteiger partial charge in [0, 0.05) is 0 Å². The van der Waals surface area contributed by atoms with Crippen LogP contribution in [0.3, 0.4) is 0 Å². The average Bonchev–Trinajstić information content (AvgIpc) is 2.69. The van der Waals surface area contributed by atoms with E-state index in [2.05, 4.69) is 51.1 Å². The van der Waals surface area contributed by atoms with Crippen LogP contribution in [0.25, 0.3) is 0 Å². The molecule has 0 unspecified atom stereocenters. The summed E-state index contributed by atoms with van der Waals surface area (Å²) in [6.45, 7) is 8.09. The van der Waals surface area contributed by atoms with Crippen LogP contribution in [0.4, 0.5) is 0 Å². The van der Waals surface area contributed by atoms with Crippen LogP contribution in [-0.2, 0) is 8.35 Å². The zero-order valence-electron chi connectivity index (χ0n) is 17.0. The Morgan fingerprint density at radius 1 is 0.840 bits per heavy atom. The third-order valence-corrected chi connectivity index (χ3v) is 24.5. The molecule has 142 valence electrons. The van der Waals surface area contributed by atoms with Crippen LogP contribution in [0.1, 0.15) is 84.1 Å². The topological polar surface area (TPSA) is 9.23 Å². The van der Waals surface area contributed by atoms with E-state index < -0.39 is 18.4 Å². The van der Waals surface area contributed by atoms with Crippen LogP contribution in [0.15, 0.2) is 30.3 Å². The van der Waals surface area contributed by atoms with Crippen molar-refractivity contribution in [1.82, 2.24) is 0 Å². The first-order chi connectivity index (χ1) is 12.2. The molecule has 0 aromatic heterocycles. The monoisotopic (exact) mass is 452 g/mol. The van der Waals surface area contributed by atoms with Gasteiger partial charge in [-0.3, -0.25) is 0 Å². The van der Waals surface area contributed by atoms with Gasteiger partial charge in [0.25, 0.3) is 0 Å². The van der Waals surface area contributed by atoms with Gasteiger partial charge in [-0.2, -0.15) is 0 Å². The Morgan fingerprint density at radius 2 is 1.40 bits per heavy atom. The number of rotatable bonds is 11. The van der Waals surface area contributed by atoms with Gasteiger partial charge in [0.2, 0.25) is 0 Å². The van der Waals surface area contributed by atoms with Crippen molar-refractivity contribution in [1.29, 1.82) is 0 Å². The number of benzene rings is 1. The van der Waals surface area contributed by atoms with Crippen molar-refractivity contribution in [3.8, 4) is 0 Å². The Bertz CT molecular complexity index is 442. The van der Waals surface area contributed by atoms with Gasteiger partial charge in [-0.15, -0.1) is 0 Å². The van der Waals surface area contributed by atoms with Crippen molar-refractivity contribution < 1.29 is 4.74 Å². The van der Waals surface area contributed by atoms with E-state index in [0.717, 1.165) is 6.61 Å². The third kappa shape index (κ3) is 5.03. The first-order valence-electron chi connectivity index (χ1n) is 10.9. The zero-order chi connectivity index (χ0) is 18.0. The van der Waals surface area contributed by atoms with Crippen molar-refractivity contribution in [3.63, 3.8) is 0 Å². The normalized spacial score (nSPS) is 21.4. The van der Waals surface area contributed by atoms with E-state index >= 15 is 0 Å². The van der Waals surface area contributed by atoms with Crippen LogP contribution in [-0.4, -0.2) is 25.0 Å². The third-order valence-electron chi connectivity index (χ3n) is 6.40. The molecule has 1 saturated heterocycles. The summed E-state index contributed by atoms with van der Waals surface area (Å²) in [4.78, 5) is 0. The van der Waals surface area contributed by atoms with Gasteiger partial charge in [0.1, 0.15) is 0 Å². The summed E-state index contributed by atoms with van der Waals surface area (Å²) in [6, 6.07) is 11.4. The van der Waals surface area contributed by atoms with Crippen molar-refractivity contribution >= 4 is 18.4 Å². The van der Waals surface area contributed by atoms with Crippen molar-refractivity contribution in [2.24, 2.45) is 0 Å². The van der Waals surface area contributed by atoms with Gasteiger partial charge in [0.15, 0.2) is 0 Å². The molecular weight excluding hydrogens is 411 g/mol. The fraction of sp³-hybridized carbons (Fsp3) is 0.739. The summed E-state index contributed by atoms with van der Waals surface area (Å²) >= 11 is -2.53. The molecule has 0 spiro atoms. The molecule has 2 heteroatoms. The molecule has 25 heavy (non-hydrogen) atoms. The average molecular weight is 451 g/mol. The molecule has 1 aliphatic rings. The Kier molecular flexibility index (Phi) is 9.33. The molecule has 1 aliphatic heterocycles. The van der Waals surface area contributed by atoms with E-state index in [9.17, 15) is 0 Å². The number of hydrogen-bond acceptors (Lipinski definition) is 1. The van der Waals surface area contributed by atoms with E-state index in [1.165, 1.54) is 76.7 Å². The second-order valence-corrected chi connectivity index (χ2v) is 22.0. The standard InChI is InChI=1S/C11H13O.3C4H9.Sn/c1-2-6-10(7-3-1)11-8-4-5-9-12-11;3*1-3-4-2;/h1-3,6-7H,4-5,8-9H2;3*1,3-4H2,2H3;. The summed E-state index contributed by atoms with van der Waals surface area (Å²) < 4.78 is 11.6. The predicted molar refractivity (Wildman–Crippen MR) is 113 cm³/mol. The minimum absolute atomic E-state index is 0.147. The number of ether oxygens (including phenoxy) is 1. The maximum absolute atomic E-state index is 6.90. The Morgan fingerprint density at radius 3 is 1.84 bits per heavy atom. The van der Waals surface area contributed by atoms with Gasteiger partial charge < -0.3 is 0 Å². The molecule has 2 rings (SSSR count). The minimum atomic E-state index is -2.53. The van der Waals surface area contributed by atoms with E-state index in [1.54, 1.807) is 0 Å². The van der Waals surface area contributed by atoms with E-state index in [0.29, 0.717) is 0 Å². The predicted octanol–water partition coefficient (Wildman–Crippen LogP) is 7.47. The van der Waals surface area contributed by atoms with Gasteiger partial charge >= 0.3 is 161 Å². The molecule has 0 aliphatic carbocycles. The summed E-state index contributed by atoms with van der Waals surface area (Å²) in [7, 11) is 0. The van der Waals surface area contributed by atoms with E-state index in [-0.39, 0.29) is 3.62 Å². The van der Waals surface area contributed by atoms with E-state index in [4.69, 9.17) is 4.74 Å². The molecule has 0 N–H and O–H groups in total. The van der Waals surface area contributed by atoms with Crippen molar-refractivity contribution in [2.75, 3.05) is 6.61 Å². The van der Waals surface area contributed by atoms with Crippen molar-refractivity contribution in [2.45, 2.75) is 95.5 Å².